The van der Waals surface area contributed by atoms with Gasteiger partial charge in [-0.15, -0.1) is 0 Å². The molecule has 0 aromatic heterocycles. The molecule has 0 aliphatic carbocycles. The molecule has 2 amide bonds. The number of nitrogens with one attached hydrogen (secondary N) is 2. The van der Waals surface area contributed by atoms with Crippen LogP contribution in [0, 0.1) is 0 Å². The second kappa shape index (κ2) is 10.2. The first kappa shape index (κ1) is 20.3. The lowest BCUT2D eigenvalue weighted by Gasteiger charge is -2.17. The van der Waals surface area contributed by atoms with Crippen molar-refractivity contribution in [1.29, 1.82) is 0 Å². The van der Waals surface area contributed by atoms with E-state index in [1.807, 2.05) is 6.07 Å². The van der Waals surface area contributed by atoms with Crippen molar-refractivity contribution >= 4 is 17.5 Å². The molecule has 7 heteroatoms. The highest BCUT2D eigenvalue weighted by Gasteiger charge is 2.19. The normalized spacial score (nSPS) is 11.4. The van der Waals surface area contributed by atoms with Crippen LogP contribution in [0.25, 0.3) is 0 Å². The van der Waals surface area contributed by atoms with Crippen LogP contribution in [-0.4, -0.2) is 45.3 Å². The summed E-state index contributed by atoms with van der Waals surface area (Å²) in [5.74, 6) is 0.336. The van der Waals surface area contributed by atoms with Crippen LogP contribution in [-0.2, 0) is 9.53 Å². The molecule has 1 atom stereocenters. The molecule has 0 unspecified atom stereocenters. The van der Waals surface area contributed by atoms with Crippen LogP contribution in [0.15, 0.2) is 48.5 Å². The molecule has 0 saturated heterocycles. The zero-order chi connectivity index (χ0) is 19.6. The predicted octanol–water partition coefficient (Wildman–Crippen LogP) is 2.48. The molecule has 0 bridgehead atoms. The molecule has 0 saturated carbocycles. The highest BCUT2D eigenvalue weighted by Crippen LogP contribution is 2.27. The number of ether oxygens (including phenoxy) is 3. The summed E-state index contributed by atoms with van der Waals surface area (Å²) in [4.78, 5) is 24.8. The van der Waals surface area contributed by atoms with Crippen molar-refractivity contribution in [3.05, 3.63) is 54.1 Å². The highest BCUT2D eigenvalue weighted by atomic mass is 16.5. The molecule has 144 valence electrons. The van der Waals surface area contributed by atoms with E-state index in [9.17, 15) is 9.59 Å². The fourth-order valence-corrected chi connectivity index (χ4v) is 2.35. The fourth-order valence-electron chi connectivity index (χ4n) is 2.35. The van der Waals surface area contributed by atoms with Gasteiger partial charge in [0, 0.05) is 13.7 Å². The van der Waals surface area contributed by atoms with Crippen LogP contribution in [0.1, 0.15) is 17.3 Å². The van der Waals surface area contributed by atoms with E-state index < -0.39 is 6.10 Å². The van der Waals surface area contributed by atoms with Gasteiger partial charge in [-0.3, -0.25) is 9.59 Å². The second-order valence-corrected chi connectivity index (χ2v) is 5.69. The van der Waals surface area contributed by atoms with Gasteiger partial charge < -0.3 is 24.8 Å². The largest absolute Gasteiger partial charge is 0.493 e. The number of methoxy groups -OCH3 is 2. The topological polar surface area (TPSA) is 85.9 Å². The van der Waals surface area contributed by atoms with Gasteiger partial charge in [-0.05, 0) is 31.2 Å². The molecule has 0 heterocycles. The molecule has 0 radical (unpaired) electrons. The molecule has 2 aromatic rings. The lowest BCUT2D eigenvalue weighted by Crippen LogP contribution is -2.32. The van der Waals surface area contributed by atoms with E-state index in [0.717, 1.165) is 0 Å². The van der Waals surface area contributed by atoms with Crippen molar-refractivity contribution in [1.82, 2.24) is 5.32 Å². The zero-order valence-corrected chi connectivity index (χ0v) is 15.7. The van der Waals surface area contributed by atoms with Gasteiger partial charge in [-0.1, -0.05) is 24.3 Å². The van der Waals surface area contributed by atoms with Crippen molar-refractivity contribution in [3.63, 3.8) is 0 Å². The molecule has 0 aliphatic heterocycles. The maximum absolute atomic E-state index is 12.5. The summed E-state index contributed by atoms with van der Waals surface area (Å²) < 4.78 is 15.8. The Balaban J connectivity index is 2.05. The molecular weight excluding hydrogens is 348 g/mol. The number of benzene rings is 2. The Morgan fingerprint density at radius 3 is 2.37 bits per heavy atom. The summed E-state index contributed by atoms with van der Waals surface area (Å²) >= 11 is 0. The maximum atomic E-state index is 12.5. The smallest absolute Gasteiger partial charge is 0.265 e. The summed E-state index contributed by atoms with van der Waals surface area (Å²) in [6, 6.07) is 13.9. The summed E-state index contributed by atoms with van der Waals surface area (Å²) in [6.45, 7) is 2.41. The lowest BCUT2D eigenvalue weighted by molar-refractivity contribution is -0.122. The number of rotatable bonds is 9. The standard InChI is InChI=1S/C20H24N2O5/c1-14(27-18-11-7-6-10-17(18)26-3)19(23)22-16-9-5-4-8-15(16)20(24)21-12-13-25-2/h4-11,14H,12-13H2,1-3H3,(H,21,24)(H,22,23)/t14-/m0/s1. The monoisotopic (exact) mass is 372 g/mol. The van der Waals surface area contributed by atoms with Crippen LogP contribution in [0.4, 0.5) is 5.69 Å². The van der Waals surface area contributed by atoms with Crippen molar-refractivity contribution in [2.24, 2.45) is 0 Å². The Bertz CT molecular complexity index is 778. The third kappa shape index (κ3) is 5.72. The molecule has 2 aromatic carbocycles. The molecule has 0 aliphatic rings. The first-order chi connectivity index (χ1) is 13.1. The van der Waals surface area contributed by atoms with Crippen molar-refractivity contribution in [2.75, 3.05) is 32.7 Å². The van der Waals surface area contributed by atoms with Crippen molar-refractivity contribution in [3.8, 4) is 11.5 Å². The van der Waals surface area contributed by atoms with Crippen molar-refractivity contribution in [2.45, 2.75) is 13.0 Å². The van der Waals surface area contributed by atoms with Gasteiger partial charge in [0.05, 0.1) is 25.0 Å². The minimum absolute atomic E-state index is 0.291. The summed E-state index contributed by atoms with van der Waals surface area (Å²) in [5, 5.41) is 5.48. The van der Waals surface area contributed by atoms with E-state index in [1.54, 1.807) is 56.5 Å². The lowest BCUT2D eigenvalue weighted by atomic mass is 10.1. The van der Waals surface area contributed by atoms with E-state index in [0.29, 0.717) is 35.9 Å². The van der Waals surface area contributed by atoms with E-state index in [-0.39, 0.29) is 11.8 Å². The van der Waals surface area contributed by atoms with Crippen LogP contribution in [0.3, 0.4) is 0 Å². The first-order valence-corrected chi connectivity index (χ1v) is 8.53. The number of hydrogen-bond acceptors (Lipinski definition) is 5. The summed E-state index contributed by atoms with van der Waals surface area (Å²) in [6.07, 6.45) is -0.786. The Hall–Kier alpha value is -3.06. The molecule has 2 rings (SSSR count). The van der Waals surface area contributed by atoms with Gasteiger partial charge >= 0.3 is 0 Å². The zero-order valence-electron chi connectivity index (χ0n) is 15.7. The second-order valence-electron chi connectivity index (χ2n) is 5.69. The summed E-state index contributed by atoms with van der Waals surface area (Å²) in [5.41, 5.74) is 0.777. The number of hydrogen-bond donors (Lipinski definition) is 2. The third-order valence-corrected chi connectivity index (χ3v) is 3.76. The SMILES string of the molecule is COCCNC(=O)c1ccccc1NC(=O)[C@H](C)Oc1ccccc1OC. The average molecular weight is 372 g/mol. The van der Waals surface area contributed by atoms with E-state index >= 15 is 0 Å². The van der Waals surface area contributed by atoms with Gasteiger partial charge in [-0.25, -0.2) is 0 Å². The number of anilines is 1. The van der Waals surface area contributed by atoms with Gasteiger partial charge in [0.15, 0.2) is 17.6 Å². The fraction of sp³-hybridized carbons (Fsp3) is 0.300. The van der Waals surface area contributed by atoms with Gasteiger partial charge in [0.1, 0.15) is 0 Å². The van der Waals surface area contributed by atoms with Gasteiger partial charge in [0.2, 0.25) is 0 Å². The average Bonchev–Trinajstić information content (AvgIpc) is 2.68. The van der Waals surface area contributed by atoms with Crippen LogP contribution < -0.4 is 20.1 Å². The van der Waals surface area contributed by atoms with Gasteiger partial charge in [-0.2, -0.15) is 0 Å². The van der Waals surface area contributed by atoms with Crippen LogP contribution in [0.2, 0.25) is 0 Å². The molecule has 0 fully saturated rings. The Morgan fingerprint density at radius 2 is 1.67 bits per heavy atom. The molecule has 27 heavy (non-hydrogen) atoms. The minimum Gasteiger partial charge on any atom is -0.493 e. The third-order valence-electron chi connectivity index (χ3n) is 3.76. The predicted molar refractivity (Wildman–Crippen MR) is 102 cm³/mol. The highest BCUT2D eigenvalue weighted by molar-refractivity contribution is 6.04. The van der Waals surface area contributed by atoms with Crippen LogP contribution in [0.5, 0.6) is 11.5 Å². The Labute approximate surface area is 158 Å². The maximum Gasteiger partial charge on any atom is 0.265 e. The minimum atomic E-state index is -0.786. The molecule has 7 nitrogen and oxygen atoms in total. The number of amides is 2. The van der Waals surface area contributed by atoms with E-state index in [2.05, 4.69) is 10.6 Å². The van der Waals surface area contributed by atoms with Crippen LogP contribution >= 0.6 is 0 Å². The number of carbonyl (C=O) groups is 2. The van der Waals surface area contributed by atoms with E-state index in [1.165, 1.54) is 7.11 Å². The molecule has 0 spiro atoms. The summed E-state index contributed by atoms with van der Waals surface area (Å²) in [7, 11) is 3.09. The molecule has 2 N–H and O–H groups in total. The quantitative estimate of drug-likeness (QED) is 0.661. The number of carbonyl (C=O) groups excluding carboxylic acids is 2. The van der Waals surface area contributed by atoms with Crippen molar-refractivity contribution < 1.29 is 23.8 Å². The Kier molecular flexibility index (Phi) is 7.63. The molecular formula is C20H24N2O5. The Morgan fingerprint density at radius 1 is 1.00 bits per heavy atom. The van der Waals surface area contributed by atoms with Gasteiger partial charge in [0.25, 0.3) is 11.8 Å². The number of para-hydroxylation sites is 3. The first-order valence-electron chi connectivity index (χ1n) is 8.53. The van der Waals surface area contributed by atoms with E-state index in [4.69, 9.17) is 14.2 Å².